The van der Waals surface area contributed by atoms with E-state index < -0.39 is 15.6 Å². The highest BCUT2D eigenvalue weighted by Gasteiger charge is 2.48. The van der Waals surface area contributed by atoms with Gasteiger partial charge in [0, 0.05) is 114 Å². The van der Waals surface area contributed by atoms with Crippen LogP contribution in [-0.2, 0) is 10.1 Å². The second-order valence-corrected chi connectivity index (χ2v) is 29.9. The van der Waals surface area contributed by atoms with Crippen LogP contribution in [0.15, 0.2) is 352 Å². The summed E-state index contributed by atoms with van der Waals surface area (Å²) in [6.07, 6.45) is 0. The molecule has 0 amide bonds. The van der Waals surface area contributed by atoms with Gasteiger partial charge in [0.1, 0.15) is 5.75 Å². The smallest absolute Gasteiger partial charge is 0.376 e. The number of nitrogens with zero attached hydrogens (tertiary/aromatic N) is 5. The highest BCUT2D eigenvalue weighted by molar-refractivity contribution is 7.88. The maximum absolute atomic E-state index is 12.7. The molecular weight excluding hydrogens is 1390 g/mol. The molecule has 0 aliphatic carbocycles. The number of aromatic nitrogens is 6. The molecule has 24 rings (SSSR count). The number of hydrogen-bond acceptors (Lipinski definition) is 3. The van der Waals surface area contributed by atoms with Gasteiger partial charge < -0.3 is 31.7 Å². The Kier molecular flexibility index (Phi) is 13.7. The van der Waals surface area contributed by atoms with Gasteiger partial charge in [-0.05, 0) is 168 Å². The van der Waals surface area contributed by atoms with Gasteiger partial charge in [0.15, 0.2) is 0 Å². The van der Waals surface area contributed by atoms with E-state index in [1.807, 2.05) is 52.9 Å². The number of H-pyrrole nitrogens is 1. The monoisotopic (exact) mass is 1440 g/mol. The van der Waals surface area contributed by atoms with Crippen LogP contribution in [0.5, 0.6) is 5.75 Å². The molecule has 110 heavy (non-hydrogen) atoms. The molecule has 16 aromatic carbocycles. The van der Waals surface area contributed by atoms with Gasteiger partial charge in [0.2, 0.25) is 0 Å². The van der Waals surface area contributed by atoms with Crippen molar-refractivity contribution in [1.29, 1.82) is 0 Å². The summed E-state index contributed by atoms with van der Waals surface area (Å²) in [7, 11) is -5.75. The Bertz CT molecular complexity index is 7860. The number of rotatable bonds is 7. The average Bonchev–Trinajstić information content (AvgIpc) is 1.54. The van der Waals surface area contributed by atoms with E-state index in [0.717, 1.165) is 27.3 Å². The third-order valence-electron chi connectivity index (χ3n) is 22.3. The van der Waals surface area contributed by atoms with Crippen molar-refractivity contribution in [2.75, 3.05) is 0 Å². The van der Waals surface area contributed by atoms with Crippen LogP contribution in [-0.4, -0.2) is 41.4 Å². The zero-order chi connectivity index (χ0) is 73.3. The molecule has 0 spiro atoms. The fraction of sp³-hybridized carbons (Fsp3) is 0.0103. The molecule has 0 bridgehead atoms. The minimum absolute atomic E-state index is 0.366. The fourth-order valence-corrected chi connectivity index (χ4v) is 18.1. The van der Waals surface area contributed by atoms with Crippen LogP contribution in [0.1, 0.15) is 0 Å². The molecule has 24 aromatic rings. The second kappa shape index (κ2) is 23.9. The van der Waals surface area contributed by atoms with Crippen molar-refractivity contribution in [1.82, 2.24) is 27.5 Å². The van der Waals surface area contributed by atoms with Gasteiger partial charge in [-0.2, -0.15) is 21.6 Å². The van der Waals surface area contributed by atoms with E-state index in [9.17, 15) is 21.6 Å². The van der Waals surface area contributed by atoms with Gasteiger partial charge in [-0.3, -0.25) is 0 Å². The summed E-state index contributed by atoms with van der Waals surface area (Å²) in [4.78, 5) is 3.53. The summed E-state index contributed by atoms with van der Waals surface area (Å²) in [5.74, 6) is -0.366. The van der Waals surface area contributed by atoms with Gasteiger partial charge >= 0.3 is 15.6 Å². The van der Waals surface area contributed by atoms with Crippen LogP contribution in [0.25, 0.3) is 203 Å². The molecule has 0 saturated carbocycles. The molecular formula is C97H59F3N6O3S. The van der Waals surface area contributed by atoms with E-state index in [2.05, 4.69) is 318 Å². The molecule has 0 atom stereocenters. The van der Waals surface area contributed by atoms with Crippen LogP contribution >= 0.6 is 0 Å². The topological polar surface area (TPSA) is 82.8 Å². The molecule has 0 saturated heterocycles. The Morgan fingerprint density at radius 1 is 0.245 bits per heavy atom. The van der Waals surface area contributed by atoms with Gasteiger partial charge in [-0.15, -0.1) is 0 Å². The minimum atomic E-state index is -5.75. The lowest BCUT2D eigenvalue weighted by molar-refractivity contribution is -0.0500. The lowest BCUT2D eigenvalue weighted by atomic mass is 10.0. The Hall–Kier alpha value is -14.1. The fourth-order valence-electron chi connectivity index (χ4n) is 17.7. The van der Waals surface area contributed by atoms with E-state index >= 15 is 0 Å². The number of halogens is 3. The summed E-state index contributed by atoms with van der Waals surface area (Å²) in [6.45, 7) is 0. The Morgan fingerprint density at radius 2 is 0.527 bits per heavy atom. The van der Waals surface area contributed by atoms with Crippen molar-refractivity contribution < 1.29 is 25.8 Å². The number of para-hydroxylation sites is 10. The molecule has 0 aliphatic rings. The SMILES string of the molecule is O=S(=O)(Oc1cc2c3ccccc3n3c4ccccc4c(c1)c23)C(F)(F)F.c1ccc(-n2c3ccccc3c3cc(-c4ccc5[nH]c6ccccc6c5c4)ccc32)cc1.c1ccc(-n2c3ccccc3c3cc(-c4ccc5c(c4)c4ccccc4n5-c4cc5c6ccccc6n6c7ccccc7c(c4)c56)ccc32)cc1. The van der Waals surface area contributed by atoms with Crippen LogP contribution in [0.2, 0.25) is 0 Å². The lowest BCUT2D eigenvalue weighted by Gasteiger charge is -2.10. The quantitative estimate of drug-likeness (QED) is 0.127. The summed E-state index contributed by atoms with van der Waals surface area (Å²) in [6, 6.07) is 124. The normalized spacial score (nSPS) is 12.4. The number of nitrogens with one attached hydrogen (secondary N) is 1. The van der Waals surface area contributed by atoms with Crippen LogP contribution in [0.3, 0.4) is 0 Å². The van der Waals surface area contributed by atoms with Crippen molar-refractivity contribution in [3.8, 4) is 45.1 Å². The van der Waals surface area contributed by atoms with E-state index in [1.165, 1.54) is 177 Å². The van der Waals surface area contributed by atoms with E-state index in [-0.39, 0.29) is 5.75 Å². The molecule has 8 aromatic heterocycles. The molecule has 0 fully saturated rings. The molecule has 9 nitrogen and oxygen atoms in total. The van der Waals surface area contributed by atoms with Crippen LogP contribution in [0.4, 0.5) is 13.2 Å². The first-order valence-electron chi connectivity index (χ1n) is 36.5. The predicted molar refractivity (Wildman–Crippen MR) is 447 cm³/mol. The summed E-state index contributed by atoms with van der Waals surface area (Å²) < 4.78 is 77.2. The molecule has 0 radical (unpaired) electrons. The molecule has 13 heteroatoms. The zero-order valence-corrected chi connectivity index (χ0v) is 59.3. The largest absolute Gasteiger partial charge is 0.534 e. The standard InChI is InChI=1S/C48H29N3.C30H20N2.C19H10F3NO3S/c1-2-12-32(13-3-1)49-42-18-8-4-14-34(42)38-26-30(22-24-46(38)49)31-23-25-47-39(27-31)35-15-5-9-19-43(35)50(47)33-28-40-36-16-6-10-20-44(36)51-45-21-11-7-17-37(45)41(29-33)48(40)51;1-2-8-22(9-3-1)32-29-13-7-5-11-24(29)26-19-21(15-17-30(26)32)20-14-16-28-25(18-20)23-10-4-6-12-27(23)31-28;20-19(21,22)27(24,25)26-11-9-14-12-5-1-3-7-16(12)23-17-8-4-2-6-13(17)15(10-11)18(14)23/h1-29H;1-19,31H;1-10H. The van der Waals surface area contributed by atoms with Crippen molar-refractivity contribution >= 4 is 174 Å². The molecule has 1 N–H and O–H groups in total. The number of alkyl halides is 3. The minimum Gasteiger partial charge on any atom is -0.376 e. The van der Waals surface area contributed by atoms with Crippen molar-refractivity contribution in [2.45, 2.75) is 5.51 Å². The highest BCUT2D eigenvalue weighted by Crippen LogP contribution is 2.47. The second-order valence-electron chi connectivity index (χ2n) is 28.3. The summed E-state index contributed by atoms with van der Waals surface area (Å²) in [5, 5.41) is 18.2. The van der Waals surface area contributed by atoms with Crippen LogP contribution in [0, 0.1) is 0 Å². The number of fused-ring (bicyclic) bond motifs is 24. The Labute approximate surface area is 625 Å². The van der Waals surface area contributed by atoms with Crippen LogP contribution < -0.4 is 4.18 Å². The van der Waals surface area contributed by atoms with Gasteiger partial charge in [0.05, 0.1) is 66.2 Å². The lowest BCUT2D eigenvalue weighted by Crippen LogP contribution is -2.28. The third kappa shape index (κ3) is 9.50. The Morgan fingerprint density at radius 3 is 0.909 bits per heavy atom. The summed E-state index contributed by atoms with van der Waals surface area (Å²) in [5.41, 5.74) is 19.1. The van der Waals surface area contributed by atoms with Gasteiger partial charge in [-0.25, -0.2) is 0 Å². The van der Waals surface area contributed by atoms with Gasteiger partial charge in [-0.1, -0.05) is 206 Å². The molecule has 522 valence electrons. The van der Waals surface area contributed by atoms with Crippen molar-refractivity contribution in [3.63, 3.8) is 0 Å². The van der Waals surface area contributed by atoms with E-state index in [0.29, 0.717) is 10.8 Å². The maximum atomic E-state index is 12.7. The van der Waals surface area contributed by atoms with E-state index in [4.69, 9.17) is 0 Å². The number of aromatic amines is 1. The maximum Gasteiger partial charge on any atom is 0.534 e. The summed E-state index contributed by atoms with van der Waals surface area (Å²) >= 11 is 0. The molecule has 8 heterocycles. The number of hydrogen-bond donors (Lipinski definition) is 1. The van der Waals surface area contributed by atoms with Crippen molar-refractivity contribution in [3.05, 3.63) is 352 Å². The first-order chi connectivity index (χ1) is 54.0. The number of benzene rings is 16. The van der Waals surface area contributed by atoms with Gasteiger partial charge in [0.25, 0.3) is 0 Å². The molecule has 0 aliphatic heterocycles. The third-order valence-corrected chi connectivity index (χ3v) is 23.3. The molecule has 0 unspecified atom stereocenters. The van der Waals surface area contributed by atoms with E-state index in [1.54, 1.807) is 0 Å². The average molecular weight is 1450 g/mol. The zero-order valence-electron chi connectivity index (χ0n) is 58.5. The first kappa shape index (κ1) is 63.2. The van der Waals surface area contributed by atoms with Crippen molar-refractivity contribution in [2.24, 2.45) is 0 Å². The highest BCUT2D eigenvalue weighted by atomic mass is 32.2. The first-order valence-corrected chi connectivity index (χ1v) is 37.9. The predicted octanol–water partition coefficient (Wildman–Crippen LogP) is 25.8. The Balaban J connectivity index is 0.000000109.